The van der Waals surface area contributed by atoms with Gasteiger partial charge in [0, 0.05) is 18.4 Å². The predicted molar refractivity (Wildman–Crippen MR) is 86.7 cm³/mol. The minimum absolute atomic E-state index is 0.256. The molecule has 0 atom stereocenters. The smallest absolute Gasteiger partial charge is 0.335 e. The molecule has 6 heteroatoms. The third-order valence-electron chi connectivity index (χ3n) is 3.12. The van der Waals surface area contributed by atoms with Crippen molar-refractivity contribution in [1.82, 2.24) is 9.97 Å². The maximum Gasteiger partial charge on any atom is 0.335 e. The number of anilines is 3. The van der Waals surface area contributed by atoms with Crippen LogP contribution in [0.4, 0.5) is 17.5 Å². The van der Waals surface area contributed by atoms with Gasteiger partial charge < -0.3 is 15.7 Å². The molecule has 0 amide bonds. The largest absolute Gasteiger partial charge is 0.478 e. The molecule has 22 heavy (non-hydrogen) atoms. The van der Waals surface area contributed by atoms with Crippen LogP contribution < -0.4 is 10.6 Å². The molecule has 3 N–H and O–H groups in total. The summed E-state index contributed by atoms with van der Waals surface area (Å²) in [6.07, 6.45) is 5.13. The molecule has 0 aliphatic carbocycles. The van der Waals surface area contributed by atoms with Gasteiger partial charge in [0.15, 0.2) is 0 Å². The molecule has 1 aromatic carbocycles. The number of carbonyl (C=O) groups is 1. The summed E-state index contributed by atoms with van der Waals surface area (Å²) in [5.74, 6) is 0.312. The van der Waals surface area contributed by atoms with E-state index in [0.29, 0.717) is 11.8 Å². The number of nitrogens with one attached hydrogen (secondary N) is 2. The van der Waals surface area contributed by atoms with Gasteiger partial charge in [0.2, 0.25) is 5.95 Å². The van der Waals surface area contributed by atoms with E-state index in [-0.39, 0.29) is 5.56 Å². The van der Waals surface area contributed by atoms with E-state index in [1.807, 2.05) is 0 Å². The Hall–Kier alpha value is -2.63. The van der Waals surface area contributed by atoms with E-state index in [4.69, 9.17) is 5.11 Å². The molecule has 2 rings (SSSR count). The number of aromatic carboxylic acids is 1. The maximum absolute atomic E-state index is 10.8. The van der Waals surface area contributed by atoms with E-state index in [1.165, 1.54) is 12.8 Å². The molecule has 0 saturated heterocycles. The van der Waals surface area contributed by atoms with E-state index in [0.717, 1.165) is 18.7 Å². The fourth-order valence-electron chi connectivity index (χ4n) is 1.93. The van der Waals surface area contributed by atoms with Crippen molar-refractivity contribution >= 4 is 23.4 Å². The summed E-state index contributed by atoms with van der Waals surface area (Å²) in [5, 5.41) is 15.2. The minimum Gasteiger partial charge on any atom is -0.478 e. The number of rotatable bonds is 8. The van der Waals surface area contributed by atoms with Crippen LogP contribution in [0, 0.1) is 0 Å². The van der Waals surface area contributed by atoms with Gasteiger partial charge in [-0.25, -0.2) is 9.78 Å². The zero-order valence-corrected chi connectivity index (χ0v) is 12.5. The van der Waals surface area contributed by atoms with Crippen molar-refractivity contribution in [2.45, 2.75) is 26.2 Å². The lowest BCUT2D eigenvalue weighted by molar-refractivity contribution is 0.0697. The van der Waals surface area contributed by atoms with E-state index in [9.17, 15) is 4.79 Å². The molecule has 2 aromatic rings. The van der Waals surface area contributed by atoms with Gasteiger partial charge in [0.05, 0.1) is 5.56 Å². The second-order valence-corrected chi connectivity index (χ2v) is 4.91. The van der Waals surface area contributed by atoms with Crippen molar-refractivity contribution in [3.05, 3.63) is 42.1 Å². The first-order valence-corrected chi connectivity index (χ1v) is 7.36. The Labute approximate surface area is 129 Å². The summed E-state index contributed by atoms with van der Waals surface area (Å²) in [4.78, 5) is 19.4. The van der Waals surface area contributed by atoms with Gasteiger partial charge in [0.25, 0.3) is 0 Å². The second kappa shape index (κ2) is 7.97. The van der Waals surface area contributed by atoms with Gasteiger partial charge in [-0.1, -0.05) is 19.8 Å². The summed E-state index contributed by atoms with van der Waals surface area (Å²) in [6, 6.07) is 8.29. The van der Waals surface area contributed by atoms with Crippen LogP contribution in [-0.4, -0.2) is 27.6 Å². The summed E-state index contributed by atoms with van der Waals surface area (Å²) >= 11 is 0. The standard InChI is InChI=1S/C16H20N4O2/c1-2-3-4-10-17-16-18-11-9-14(20-16)19-13-7-5-12(6-8-13)15(21)22/h5-9,11H,2-4,10H2,1H3,(H,21,22)(H2,17,18,19,20). The molecule has 0 aliphatic heterocycles. The molecule has 6 nitrogen and oxygen atoms in total. The molecular weight excluding hydrogens is 280 g/mol. The van der Waals surface area contributed by atoms with Crippen molar-refractivity contribution in [2.24, 2.45) is 0 Å². The third kappa shape index (κ3) is 4.73. The van der Waals surface area contributed by atoms with Gasteiger partial charge in [-0.05, 0) is 36.8 Å². The number of carboxylic acid groups (broad SMARTS) is 1. The van der Waals surface area contributed by atoms with E-state index >= 15 is 0 Å². The Bertz CT molecular complexity index is 614. The van der Waals surface area contributed by atoms with Gasteiger partial charge in [-0.15, -0.1) is 0 Å². The molecule has 0 unspecified atom stereocenters. The summed E-state index contributed by atoms with van der Waals surface area (Å²) in [7, 11) is 0. The van der Waals surface area contributed by atoms with E-state index in [2.05, 4.69) is 27.5 Å². The average molecular weight is 300 g/mol. The number of nitrogens with zero attached hydrogens (tertiary/aromatic N) is 2. The molecule has 0 aliphatic rings. The SMILES string of the molecule is CCCCCNc1nccc(Nc2ccc(C(=O)O)cc2)n1. The van der Waals surface area contributed by atoms with Crippen LogP contribution in [-0.2, 0) is 0 Å². The zero-order chi connectivity index (χ0) is 15.8. The van der Waals surface area contributed by atoms with Crippen molar-refractivity contribution < 1.29 is 9.90 Å². The van der Waals surface area contributed by atoms with Crippen LogP contribution in [0.1, 0.15) is 36.5 Å². The first kappa shape index (κ1) is 15.8. The Morgan fingerprint density at radius 1 is 1.18 bits per heavy atom. The Balaban J connectivity index is 1.96. The average Bonchev–Trinajstić information content (AvgIpc) is 2.52. The molecule has 0 radical (unpaired) electrons. The number of unbranched alkanes of at least 4 members (excludes halogenated alkanes) is 2. The lowest BCUT2D eigenvalue weighted by atomic mass is 10.2. The minimum atomic E-state index is -0.938. The van der Waals surface area contributed by atoms with E-state index < -0.39 is 5.97 Å². The molecule has 0 fully saturated rings. The Morgan fingerprint density at radius 3 is 2.64 bits per heavy atom. The lowest BCUT2D eigenvalue weighted by Gasteiger charge is -2.08. The maximum atomic E-state index is 10.8. The van der Waals surface area contributed by atoms with Gasteiger partial charge in [-0.3, -0.25) is 0 Å². The van der Waals surface area contributed by atoms with Crippen LogP contribution in [0.25, 0.3) is 0 Å². The molecule has 0 spiro atoms. The molecule has 1 aromatic heterocycles. The van der Waals surface area contributed by atoms with Gasteiger partial charge in [-0.2, -0.15) is 4.98 Å². The third-order valence-corrected chi connectivity index (χ3v) is 3.12. The number of carboxylic acids is 1. The fraction of sp³-hybridized carbons (Fsp3) is 0.312. The van der Waals surface area contributed by atoms with Crippen LogP contribution in [0.3, 0.4) is 0 Å². The normalized spacial score (nSPS) is 10.2. The van der Waals surface area contributed by atoms with Crippen molar-refractivity contribution in [3.8, 4) is 0 Å². The Kier molecular flexibility index (Phi) is 5.71. The van der Waals surface area contributed by atoms with Crippen LogP contribution >= 0.6 is 0 Å². The highest BCUT2D eigenvalue weighted by Gasteiger charge is 2.03. The lowest BCUT2D eigenvalue weighted by Crippen LogP contribution is -2.06. The molecule has 0 saturated carbocycles. The molecular formula is C16H20N4O2. The van der Waals surface area contributed by atoms with E-state index in [1.54, 1.807) is 36.5 Å². The van der Waals surface area contributed by atoms with Crippen molar-refractivity contribution in [3.63, 3.8) is 0 Å². The summed E-state index contributed by atoms with van der Waals surface area (Å²) in [6.45, 7) is 3.02. The molecule has 1 heterocycles. The van der Waals surface area contributed by atoms with Crippen molar-refractivity contribution in [1.29, 1.82) is 0 Å². The predicted octanol–water partition coefficient (Wildman–Crippen LogP) is 3.52. The topological polar surface area (TPSA) is 87.1 Å². The monoisotopic (exact) mass is 300 g/mol. The van der Waals surface area contributed by atoms with Crippen LogP contribution in [0.2, 0.25) is 0 Å². The van der Waals surface area contributed by atoms with Crippen LogP contribution in [0.15, 0.2) is 36.5 Å². The molecule has 0 bridgehead atoms. The highest BCUT2D eigenvalue weighted by atomic mass is 16.4. The zero-order valence-electron chi connectivity index (χ0n) is 12.5. The molecule has 116 valence electrons. The van der Waals surface area contributed by atoms with Crippen molar-refractivity contribution in [2.75, 3.05) is 17.2 Å². The number of hydrogen-bond donors (Lipinski definition) is 3. The van der Waals surface area contributed by atoms with Crippen LogP contribution in [0.5, 0.6) is 0 Å². The number of hydrogen-bond acceptors (Lipinski definition) is 5. The summed E-state index contributed by atoms with van der Waals surface area (Å²) < 4.78 is 0. The van der Waals surface area contributed by atoms with Gasteiger partial charge >= 0.3 is 5.97 Å². The highest BCUT2D eigenvalue weighted by molar-refractivity contribution is 5.88. The summed E-state index contributed by atoms with van der Waals surface area (Å²) in [5.41, 5.74) is 1.03. The fourth-order valence-corrected chi connectivity index (χ4v) is 1.93. The number of aromatic nitrogens is 2. The highest BCUT2D eigenvalue weighted by Crippen LogP contribution is 2.16. The first-order chi connectivity index (χ1) is 10.7. The first-order valence-electron chi connectivity index (χ1n) is 7.36. The Morgan fingerprint density at radius 2 is 1.95 bits per heavy atom. The second-order valence-electron chi connectivity index (χ2n) is 4.91. The number of benzene rings is 1. The van der Waals surface area contributed by atoms with Gasteiger partial charge in [0.1, 0.15) is 5.82 Å². The quantitative estimate of drug-likeness (QED) is 0.647.